The molecule has 0 saturated carbocycles. The van der Waals surface area contributed by atoms with Crippen molar-refractivity contribution >= 4 is 35.8 Å². The predicted molar refractivity (Wildman–Crippen MR) is 226 cm³/mol. The number of carbonyl (C=O) groups excluding carboxylic acids is 4. The van der Waals surface area contributed by atoms with Crippen LogP contribution < -0.4 is 28.4 Å². The highest BCUT2D eigenvalue weighted by molar-refractivity contribution is 5.93. The number of benzene rings is 4. The minimum absolute atomic E-state index is 0.115. The Hall–Kier alpha value is -6.89. The molecule has 0 aliphatic heterocycles. The van der Waals surface area contributed by atoms with Gasteiger partial charge in [0.2, 0.25) is 5.75 Å². The van der Waals surface area contributed by atoms with E-state index < -0.39 is 23.9 Å². The number of ether oxygens (including phenoxy) is 8. The van der Waals surface area contributed by atoms with Crippen LogP contribution in [-0.2, 0) is 19.1 Å². The molecule has 13 heteroatoms. The number of methoxy groups -OCH3 is 2. The highest BCUT2D eigenvalue weighted by Gasteiger charge is 2.19. The van der Waals surface area contributed by atoms with Gasteiger partial charge in [-0.1, -0.05) is 13.2 Å². The van der Waals surface area contributed by atoms with E-state index in [-0.39, 0.29) is 17.2 Å². The molecule has 0 aliphatic carbocycles. The largest absolute Gasteiger partial charge is 0.494 e. The van der Waals surface area contributed by atoms with Gasteiger partial charge in [-0.05, 0) is 136 Å². The molecule has 0 heterocycles. The number of esters is 4. The van der Waals surface area contributed by atoms with Crippen molar-refractivity contribution in [1.82, 2.24) is 0 Å². The van der Waals surface area contributed by atoms with Crippen LogP contribution in [0.1, 0.15) is 77.6 Å². The number of unbranched alkanes of at least 4 members (excludes halogenated alkanes) is 6. The minimum Gasteiger partial charge on any atom is -0.494 e. The second kappa shape index (κ2) is 25.5. The first-order chi connectivity index (χ1) is 29.2. The highest BCUT2D eigenvalue weighted by atomic mass is 16.6. The quantitative estimate of drug-likeness (QED) is 0.0195. The Labute approximate surface area is 350 Å². The molecule has 0 radical (unpaired) electrons. The smallest absolute Gasteiger partial charge is 0.343 e. The molecule has 0 aromatic heterocycles. The SMILES string of the molecule is C=CC(=O)OCCCCCCOc1ccc(C(=O)Oc2ccc(N=Cc3cc(OC)c(OC(=O)c4ccc(OCCCCCCOC(=O)C=C)cc4)c(OC)c3)cc2)cc1. The Morgan fingerprint density at radius 3 is 1.38 bits per heavy atom. The van der Waals surface area contributed by atoms with Crippen LogP contribution in [-0.4, -0.2) is 70.7 Å². The van der Waals surface area contributed by atoms with Crippen LogP contribution in [0.3, 0.4) is 0 Å². The lowest BCUT2D eigenvalue weighted by atomic mass is 10.2. The van der Waals surface area contributed by atoms with E-state index in [1.165, 1.54) is 14.2 Å². The monoisotopic (exact) mass is 821 g/mol. The summed E-state index contributed by atoms with van der Waals surface area (Å²) in [6.45, 7) is 8.54. The van der Waals surface area contributed by atoms with Gasteiger partial charge in [0.05, 0.1) is 57.5 Å². The summed E-state index contributed by atoms with van der Waals surface area (Å²) >= 11 is 0. The van der Waals surface area contributed by atoms with Crippen LogP contribution in [0.5, 0.6) is 34.5 Å². The number of aliphatic imine (C=N–C) groups is 1. The number of hydrogen-bond acceptors (Lipinski definition) is 13. The molecule has 0 unspecified atom stereocenters. The van der Waals surface area contributed by atoms with Crippen LogP contribution in [0.15, 0.2) is 115 Å². The van der Waals surface area contributed by atoms with Gasteiger partial charge in [0, 0.05) is 23.9 Å². The zero-order chi connectivity index (χ0) is 43.0. The maximum Gasteiger partial charge on any atom is 0.343 e. The summed E-state index contributed by atoms with van der Waals surface area (Å²) < 4.78 is 43.9. The Balaban J connectivity index is 1.22. The Kier molecular flexibility index (Phi) is 19.4. The maximum atomic E-state index is 13.1. The van der Waals surface area contributed by atoms with Crippen LogP contribution >= 0.6 is 0 Å². The van der Waals surface area contributed by atoms with Crippen molar-refractivity contribution in [3.8, 4) is 34.5 Å². The van der Waals surface area contributed by atoms with Crippen LogP contribution in [0.4, 0.5) is 5.69 Å². The summed E-state index contributed by atoms with van der Waals surface area (Å²) in [5, 5.41) is 0. The summed E-state index contributed by atoms with van der Waals surface area (Å²) in [5.74, 6) is 0.329. The molecule has 13 nitrogen and oxygen atoms in total. The normalized spacial score (nSPS) is 10.6. The first kappa shape index (κ1) is 45.8. The minimum atomic E-state index is -0.606. The third kappa shape index (κ3) is 15.8. The van der Waals surface area contributed by atoms with Gasteiger partial charge in [-0.25, -0.2) is 19.2 Å². The topological polar surface area (TPSA) is 154 Å². The molecule has 4 aromatic carbocycles. The molecule has 316 valence electrons. The van der Waals surface area contributed by atoms with Crippen molar-refractivity contribution in [2.75, 3.05) is 40.6 Å². The summed E-state index contributed by atoms with van der Waals surface area (Å²) in [5.41, 5.74) is 1.90. The molecular weight excluding hydrogens is 771 g/mol. The first-order valence-electron chi connectivity index (χ1n) is 19.6. The molecule has 0 aliphatic rings. The number of rotatable bonds is 26. The summed E-state index contributed by atoms with van der Waals surface area (Å²) in [6, 6.07) is 23.4. The molecule has 0 saturated heterocycles. The Morgan fingerprint density at radius 2 is 0.950 bits per heavy atom. The van der Waals surface area contributed by atoms with E-state index in [1.54, 1.807) is 91.1 Å². The molecule has 0 N–H and O–H groups in total. The van der Waals surface area contributed by atoms with Gasteiger partial charge in [-0.3, -0.25) is 4.99 Å². The lowest BCUT2D eigenvalue weighted by molar-refractivity contribution is -0.138. The van der Waals surface area contributed by atoms with Gasteiger partial charge in [-0.15, -0.1) is 0 Å². The lowest BCUT2D eigenvalue weighted by Crippen LogP contribution is -2.10. The molecule has 0 amide bonds. The van der Waals surface area contributed by atoms with Gasteiger partial charge < -0.3 is 37.9 Å². The van der Waals surface area contributed by atoms with Gasteiger partial charge >= 0.3 is 23.9 Å². The third-order valence-electron chi connectivity index (χ3n) is 8.70. The van der Waals surface area contributed by atoms with Crippen molar-refractivity contribution in [2.24, 2.45) is 4.99 Å². The fraction of sp³-hybridized carbons (Fsp3) is 0.298. The van der Waals surface area contributed by atoms with E-state index in [0.717, 1.165) is 63.5 Å². The van der Waals surface area contributed by atoms with Gasteiger partial charge in [-0.2, -0.15) is 0 Å². The number of hydrogen-bond donors (Lipinski definition) is 0. The highest BCUT2D eigenvalue weighted by Crippen LogP contribution is 2.39. The van der Waals surface area contributed by atoms with Gasteiger partial charge in [0.25, 0.3) is 0 Å². The van der Waals surface area contributed by atoms with E-state index in [2.05, 4.69) is 18.2 Å². The summed E-state index contributed by atoms with van der Waals surface area (Å²) in [7, 11) is 2.92. The predicted octanol–water partition coefficient (Wildman–Crippen LogP) is 9.23. The van der Waals surface area contributed by atoms with Crippen LogP contribution in [0, 0.1) is 0 Å². The van der Waals surface area contributed by atoms with E-state index in [1.807, 2.05) is 0 Å². The molecule has 0 spiro atoms. The second-order valence-corrected chi connectivity index (χ2v) is 13.1. The van der Waals surface area contributed by atoms with Gasteiger partial charge in [0.15, 0.2) is 11.5 Å². The molecule has 4 rings (SSSR count). The number of nitrogens with zero attached hydrogens (tertiary/aromatic N) is 1. The molecule has 4 aromatic rings. The van der Waals surface area contributed by atoms with Crippen molar-refractivity contribution in [3.63, 3.8) is 0 Å². The standard InChI is InChI=1S/C47H51NO12/c1-5-43(49)57-29-13-9-7-11-27-55-38-21-15-35(16-22-38)46(51)59-40-25-19-37(20-26-40)48-33-34-31-41(53-3)45(42(32-34)54-4)60-47(52)36-17-23-39(24-18-36)56-28-12-8-10-14-30-58-44(50)6-2/h5-6,15-26,31-33H,1-2,7-14,27-30H2,3-4H3. The van der Waals surface area contributed by atoms with Crippen molar-refractivity contribution in [3.05, 3.63) is 127 Å². The zero-order valence-corrected chi connectivity index (χ0v) is 34.1. The van der Waals surface area contributed by atoms with Gasteiger partial charge in [0.1, 0.15) is 17.2 Å². The fourth-order valence-corrected chi connectivity index (χ4v) is 5.48. The van der Waals surface area contributed by atoms with E-state index in [0.29, 0.717) is 66.1 Å². The maximum absolute atomic E-state index is 13.1. The van der Waals surface area contributed by atoms with Crippen LogP contribution in [0.25, 0.3) is 0 Å². The average molecular weight is 822 g/mol. The Morgan fingerprint density at radius 1 is 0.533 bits per heavy atom. The lowest BCUT2D eigenvalue weighted by Gasteiger charge is -2.14. The molecular formula is C47H51NO12. The second-order valence-electron chi connectivity index (χ2n) is 13.1. The van der Waals surface area contributed by atoms with E-state index in [9.17, 15) is 19.2 Å². The van der Waals surface area contributed by atoms with Crippen molar-refractivity contribution in [1.29, 1.82) is 0 Å². The first-order valence-corrected chi connectivity index (χ1v) is 19.6. The average Bonchev–Trinajstić information content (AvgIpc) is 3.28. The molecule has 60 heavy (non-hydrogen) atoms. The van der Waals surface area contributed by atoms with Crippen LogP contribution in [0.2, 0.25) is 0 Å². The van der Waals surface area contributed by atoms with Crippen molar-refractivity contribution < 1.29 is 57.1 Å². The molecule has 0 atom stereocenters. The summed E-state index contributed by atoms with van der Waals surface area (Å²) in [6.07, 6.45) is 10.9. The van der Waals surface area contributed by atoms with E-state index >= 15 is 0 Å². The Bertz CT molecular complexity index is 2020. The third-order valence-corrected chi connectivity index (χ3v) is 8.70. The molecule has 0 bridgehead atoms. The summed E-state index contributed by atoms with van der Waals surface area (Å²) in [4.78, 5) is 52.5. The fourth-order valence-electron chi connectivity index (χ4n) is 5.48. The van der Waals surface area contributed by atoms with Crippen molar-refractivity contribution in [2.45, 2.75) is 51.4 Å². The van der Waals surface area contributed by atoms with E-state index in [4.69, 9.17) is 37.9 Å². The molecule has 0 fully saturated rings. The number of carbonyl (C=O) groups is 4. The zero-order valence-electron chi connectivity index (χ0n) is 34.1.